The molecule has 2 aromatic carbocycles. The van der Waals surface area contributed by atoms with Crippen molar-refractivity contribution < 1.29 is 28.4 Å². The molecule has 4 rings (SSSR count). The Morgan fingerprint density at radius 1 is 0.658 bits per heavy atom. The standard InChI is InChI=1S/C26H32N6O6/c1-14(2)32-13-27-21-24(28-15-9-17(33-3)22(37-7)18(10-15)34-4)30-26(31-25(21)32)29-16-11-19(35-5)23(38-8)20(12-16)36-6/h9-14H,1-8H3,(H2,28,29,30,31). The van der Waals surface area contributed by atoms with E-state index < -0.39 is 0 Å². The number of nitrogens with zero attached hydrogens (tertiary/aromatic N) is 4. The molecule has 2 N–H and O–H groups in total. The molecule has 0 amide bonds. The molecule has 0 radical (unpaired) electrons. The predicted octanol–water partition coefficient (Wildman–Crippen LogP) is 4.95. The predicted molar refractivity (Wildman–Crippen MR) is 144 cm³/mol. The van der Waals surface area contributed by atoms with Crippen molar-refractivity contribution in [2.45, 2.75) is 19.9 Å². The van der Waals surface area contributed by atoms with Crippen LogP contribution in [0.1, 0.15) is 19.9 Å². The van der Waals surface area contributed by atoms with E-state index in [-0.39, 0.29) is 6.04 Å². The molecule has 0 bridgehead atoms. The van der Waals surface area contributed by atoms with Crippen LogP contribution in [-0.2, 0) is 0 Å². The van der Waals surface area contributed by atoms with Gasteiger partial charge in [0.25, 0.3) is 0 Å². The van der Waals surface area contributed by atoms with Crippen molar-refractivity contribution >= 4 is 34.3 Å². The summed E-state index contributed by atoms with van der Waals surface area (Å²) >= 11 is 0. The summed E-state index contributed by atoms with van der Waals surface area (Å²) in [6.07, 6.45) is 1.74. The van der Waals surface area contributed by atoms with Crippen molar-refractivity contribution in [3.8, 4) is 34.5 Å². The highest BCUT2D eigenvalue weighted by molar-refractivity contribution is 5.87. The zero-order valence-electron chi connectivity index (χ0n) is 22.7. The molecule has 2 aromatic heterocycles. The van der Waals surface area contributed by atoms with Gasteiger partial charge in [0, 0.05) is 41.7 Å². The molecule has 0 fully saturated rings. The Bertz CT molecular complexity index is 1390. The lowest BCUT2D eigenvalue weighted by Gasteiger charge is -2.16. The average Bonchev–Trinajstić information content (AvgIpc) is 3.36. The second-order valence-corrected chi connectivity index (χ2v) is 8.39. The van der Waals surface area contributed by atoms with Gasteiger partial charge in [0.05, 0.1) is 49.0 Å². The molecular formula is C26H32N6O6. The van der Waals surface area contributed by atoms with E-state index in [0.29, 0.717) is 68.8 Å². The van der Waals surface area contributed by atoms with Crippen LogP contribution in [0.4, 0.5) is 23.1 Å². The molecule has 12 nitrogen and oxygen atoms in total. The number of methoxy groups -OCH3 is 6. The molecule has 2 heterocycles. The maximum absolute atomic E-state index is 5.50. The third kappa shape index (κ3) is 4.97. The molecule has 0 aliphatic heterocycles. The van der Waals surface area contributed by atoms with Gasteiger partial charge in [-0.25, -0.2) is 4.98 Å². The van der Waals surface area contributed by atoms with Crippen molar-refractivity contribution in [2.75, 3.05) is 53.3 Å². The molecule has 0 saturated heterocycles. The van der Waals surface area contributed by atoms with E-state index in [1.54, 1.807) is 73.3 Å². The minimum atomic E-state index is 0.123. The summed E-state index contributed by atoms with van der Waals surface area (Å²) in [4.78, 5) is 14.1. The van der Waals surface area contributed by atoms with Crippen LogP contribution >= 0.6 is 0 Å². The van der Waals surface area contributed by atoms with E-state index in [2.05, 4.69) is 29.5 Å². The Labute approximate surface area is 220 Å². The number of hydrogen-bond acceptors (Lipinski definition) is 11. The Hall–Kier alpha value is -4.61. The normalized spacial score (nSPS) is 10.9. The number of nitrogens with one attached hydrogen (secondary N) is 2. The van der Waals surface area contributed by atoms with Gasteiger partial charge in [-0.2, -0.15) is 9.97 Å². The van der Waals surface area contributed by atoms with Crippen LogP contribution in [0.15, 0.2) is 30.6 Å². The minimum Gasteiger partial charge on any atom is -0.493 e. The number of benzene rings is 2. The number of aromatic nitrogens is 4. The second-order valence-electron chi connectivity index (χ2n) is 8.39. The molecule has 12 heteroatoms. The number of hydrogen-bond donors (Lipinski definition) is 2. The first-order valence-electron chi connectivity index (χ1n) is 11.8. The zero-order chi connectivity index (χ0) is 27.4. The summed E-state index contributed by atoms with van der Waals surface area (Å²) in [5, 5.41) is 6.59. The van der Waals surface area contributed by atoms with Crippen molar-refractivity contribution in [3.63, 3.8) is 0 Å². The molecule has 4 aromatic rings. The van der Waals surface area contributed by atoms with E-state index in [1.807, 2.05) is 4.57 Å². The van der Waals surface area contributed by atoms with E-state index >= 15 is 0 Å². The average molecular weight is 525 g/mol. The first-order valence-corrected chi connectivity index (χ1v) is 11.8. The van der Waals surface area contributed by atoms with Gasteiger partial charge in [-0.3, -0.25) is 0 Å². The zero-order valence-corrected chi connectivity index (χ0v) is 22.7. The van der Waals surface area contributed by atoms with Crippen LogP contribution in [0.5, 0.6) is 34.5 Å². The smallest absolute Gasteiger partial charge is 0.231 e. The highest BCUT2D eigenvalue weighted by Gasteiger charge is 2.19. The SMILES string of the molecule is COc1cc(Nc2nc(Nc3cc(OC)c(OC)c(OC)c3)c3ncn(C(C)C)c3n2)cc(OC)c1OC. The van der Waals surface area contributed by atoms with Gasteiger partial charge in [-0.05, 0) is 13.8 Å². The monoisotopic (exact) mass is 524 g/mol. The van der Waals surface area contributed by atoms with E-state index in [0.717, 1.165) is 0 Å². The molecule has 38 heavy (non-hydrogen) atoms. The van der Waals surface area contributed by atoms with Crippen molar-refractivity contribution in [2.24, 2.45) is 0 Å². The number of rotatable bonds is 11. The summed E-state index contributed by atoms with van der Waals surface area (Å²) in [6, 6.07) is 7.27. The summed E-state index contributed by atoms with van der Waals surface area (Å²) in [7, 11) is 9.36. The fourth-order valence-electron chi connectivity index (χ4n) is 4.01. The lowest BCUT2D eigenvalue weighted by atomic mass is 10.2. The van der Waals surface area contributed by atoms with Crippen LogP contribution in [0, 0.1) is 0 Å². The molecule has 202 valence electrons. The summed E-state index contributed by atoms with van der Waals surface area (Å²) in [5.41, 5.74) is 2.56. The van der Waals surface area contributed by atoms with Gasteiger partial charge in [-0.15, -0.1) is 0 Å². The Balaban J connectivity index is 1.82. The van der Waals surface area contributed by atoms with Crippen LogP contribution in [0.25, 0.3) is 11.2 Å². The van der Waals surface area contributed by atoms with Crippen LogP contribution in [0.3, 0.4) is 0 Å². The number of ether oxygens (including phenoxy) is 6. The van der Waals surface area contributed by atoms with E-state index in [9.17, 15) is 0 Å². The van der Waals surface area contributed by atoms with E-state index in [1.165, 1.54) is 0 Å². The molecule has 0 aliphatic carbocycles. The van der Waals surface area contributed by atoms with Gasteiger partial charge in [-0.1, -0.05) is 0 Å². The fourth-order valence-corrected chi connectivity index (χ4v) is 4.01. The topological polar surface area (TPSA) is 123 Å². The van der Waals surface area contributed by atoms with Crippen molar-refractivity contribution in [1.82, 2.24) is 19.5 Å². The van der Waals surface area contributed by atoms with Gasteiger partial charge in [0.2, 0.25) is 17.4 Å². The Kier molecular flexibility index (Phi) is 7.79. The van der Waals surface area contributed by atoms with Gasteiger partial charge >= 0.3 is 0 Å². The highest BCUT2D eigenvalue weighted by atomic mass is 16.5. The Morgan fingerprint density at radius 2 is 1.13 bits per heavy atom. The molecule has 0 aliphatic rings. The van der Waals surface area contributed by atoms with Crippen molar-refractivity contribution in [1.29, 1.82) is 0 Å². The number of anilines is 4. The second kappa shape index (κ2) is 11.2. The van der Waals surface area contributed by atoms with Crippen LogP contribution in [0.2, 0.25) is 0 Å². The van der Waals surface area contributed by atoms with Crippen molar-refractivity contribution in [3.05, 3.63) is 30.6 Å². The minimum absolute atomic E-state index is 0.123. The first kappa shape index (κ1) is 26.5. The van der Waals surface area contributed by atoms with Crippen LogP contribution in [-0.4, -0.2) is 62.2 Å². The number of fused-ring (bicyclic) bond motifs is 1. The van der Waals surface area contributed by atoms with Gasteiger partial charge < -0.3 is 43.6 Å². The third-order valence-corrected chi connectivity index (χ3v) is 5.83. The molecule has 0 unspecified atom stereocenters. The molecular weight excluding hydrogens is 492 g/mol. The van der Waals surface area contributed by atoms with Crippen LogP contribution < -0.4 is 39.1 Å². The molecule has 0 saturated carbocycles. The quantitative estimate of drug-likeness (QED) is 0.277. The van der Waals surface area contributed by atoms with Gasteiger partial charge in [0.1, 0.15) is 0 Å². The summed E-state index contributed by atoms with van der Waals surface area (Å²) in [6.45, 7) is 4.11. The fraction of sp³-hybridized carbons (Fsp3) is 0.346. The Morgan fingerprint density at radius 3 is 1.55 bits per heavy atom. The lowest BCUT2D eigenvalue weighted by molar-refractivity contribution is 0.324. The third-order valence-electron chi connectivity index (χ3n) is 5.83. The first-order chi connectivity index (χ1) is 18.4. The maximum Gasteiger partial charge on any atom is 0.231 e. The summed E-state index contributed by atoms with van der Waals surface area (Å²) < 4.78 is 34.8. The summed E-state index contributed by atoms with van der Waals surface area (Å²) in [5.74, 6) is 3.80. The lowest BCUT2D eigenvalue weighted by Crippen LogP contribution is -2.06. The largest absolute Gasteiger partial charge is 0.493 e. The van der Waals surface area contributed by atoms with E-state index in [4.69, 9.17) is 38.4 Å². The number of imidazole rings is 1. The highest BCUT2D eigenvalue weighted by Crippen LogP contribution is 2.42. The molecule has 0 atom stereocenters. The maximum atomic E-state index is 5.50. The van der Waals surface area contributed by atoms with Gasteiger partial charge in [0.15, 0.2) is 40.0 Å². The molecule has 0 spiro atoms.